The third kappa shape index (κ3) is 4.93. The van der Waals surface area contributed by atoms with Crippen LogP contribution in [0, 0.1) is 17.7 Å². The van der Waals surface area contributed by atoms with Crippen LogP contribution >= 0.6 is 0 Å². The number of halogens is 1. The third-order valence-electron chi connectivity index (χ3n) is 8.66. The van der Waals surface area contributed by atoms with E-state index >= 15 is 0 Å². The number of anilines is 2. The lowest BCUT2D eigenvalue weighted by Crippen LogP contribution is -2.52. The smallest absolute Gasteiger partial charge is 0.243 e. The molecular weight excluding hydrogens is 519 g/mol. The Kier molecular flexibility index (Phi) is 6.87. The van der Waals surface area contributed by atoms with Gasteiger partial charge in [0.1, 0.15) is 5.82 Å². The van der Waals surface area contributed by atoms with E-state index in [9.17, 15) is 22.4 Å². The van der Waals surface area contributed by atoms with Crippen molar-refractivity contribution in [3.8, 4) is 0 Å². The van der Waals surface area contributed by atoms with Gasteiger partial charge in [0.25, 0.3) is 0 Å². The van der Waals surface area contributed by atoms with E-state index in [1.807, 2.05) is 27.7 Å². The first kappa shape index (κ1) is 26.3. The van der Waals surface area contributed by atoms with Gasteiger partial charge >= 0.3 is 0 Å². The summed E-state index contributed by atoms with van der Waals surface area (Å²) < 4.78 is 42.6. The molecule has 2 aromatic rings. The molecule has 208 valence electrons. The molecule has 3 aliphatic heterocycles. The summed E-state index contributed by atoms with van der Waals surface area (Å²) in [5.41, 5.74) is 2.29. The zero-order valence-corrected chi connectivity index (χ0v) is 23.1. The highest BCUT2D eigenvalue weighted by Crippen LogP contribution is 2.40. The minimum absolute atomic E-state index is 0.0291. The first-order valence-electron chi connectivity index (χ1n) is 14.0. The van der Waals surface area contributed by atoms with Crippen LogP contribution in [-0.4, -0.2) is 74.7 Å². The maximum atomic E-state index is 14.1. The number of piperazine rings is 1. The number of sulfonamides is 1. The van der Waals surface area contributed by atoms with E-state index in [2.05, 4.69) is 0 Å². The number of nitrogens with zero attached hydrogens (tertiary/aromatic N) is 4. The molecule has 2 amide bonds. The van der Waals surface area contributed by atoms with Gasteiger partial charge in [-0.15, -0.1) is 0 Å². The van der Waals surface area contributed by atoms with Crippen LogP contribution in [0.3, 0.4) is 0 Å². The second kappa shape index (κ2) is 10.2. The largest absolute Gasteiger partial charge is 0.366 e. The van der Waals surface area contributed by atoms with Gasteiger partial charge in [0.05, 0.1) is 10.6 Å². The molecule has 10 heteroatoms. The van der Waals surface area contributed by atoms with Crippen LogP contribution in [-0.2, 0) is 26.0 Å². The van der Waals surface area contributed by atoms with Crippen LogP contribution in [0.1, 0.15) is 38.2 Å². The van der Waals surface area contributed by atoms with E-state index in [1.165, 1.54) is 10.4 Å². The standard InChI is InChI=1S/C29H35FN4O4S/c1-20-18-23-19-24(8-9-26(23)34(20)29(36)21-6-7-21)39(37,38)33-12-10-22(11-13-33)28(35)32-16-14-31(15-17-32)27-5-3-2-4-25(27)30/h2-5,8-9,19-22H,6-7,10-18H2,1H3/t20-/m1/s1. The summed E-state index contributed by atoms with van der Waals surface area (Å²) in [6, 6.07) is 11.8. The molecule has 1 saturated carbocycles. The van der Waals surface area contributed by atoms with Gasteiger partial charge in [-0.2, -0.15) is 4.31 Å². The lowest BCUT2D eigenvalue weighted by atomic mass is 9.96. The van der Waals surface area contributed by atoms with Gasteiger partial charge in [-0.05, 0) is 74.9 Å². The van der Waals surface area contributed by atoms with Crippen molar-refractivity contribution in [3.05, 3.63) is 53.8 Å². The maximum Gasteiger partial charge on any atom is 0.243 e. The summed E-state index contributed by atoms with van der Waals surface area (Å²) >= 11 is 0. The van der Waals surface area contributed by atoms with E-state index in [0.29, 0.717) is 64.2 Å². The van der Waals surface area contributed by atoms with Crippen molar-refractivity contribution in [3.63, 3.8) is 0 Å². The lowest BCUT2D eigenvalue weighted by molar-refractivity contribution is -0.137. The molecule has 1 aliphatic carbocycles. The number of piperidine rings is 1. The average Bonchev–Trinajstić information content (AvgIpc) is 3.74. The SMILES string of the molecule is C[C@@H]1Cc2cc(S(=O)(=O)N3CCC(C(=O)N4CCN(c5ccccc5F)CC4)CC3)ccc2N1C(=O)C1CC1. The van der Waals surface area contributed by atoms with E-state index in [0.717, 1.165) is 24.1 Å². The molecule has 0 unspecified atom stereocenters. The summed E-state index contributed by atoms with van der Waals surface area (Å²) in [4.78, 5) is 31.9. The molecule has 1 atom stereocenters. The third-order valence-corrected chi connectivity index (χ3v) is 10.6. The Morgan fingerprint density at radius 2 is 1.49 bits per heavy atom. The zero-order valence-electron chi connectivity index (χ0n) is 22.3. The molecule has 4 aliphatic rings. The molecule has 0 bridgehead atoms. The molecule has 2 saturated heterocycles. The highest BCUT2D eigenvalue weighted by Gasteiger charge is 2.40. The van der Waals surface area contributed by atoms with Crippen molar-refractivity contribution in [2.24, 2.45) is 11.8 Å². The van der Waals surface area contributed by atoms with E-state index in [4.69, 9.17) is 0 Å². The van der Waals surface area contributed by atoms with Gasteiger partial charge in [0.15, 0.2) is 0 Å². The second-order valence-electron chi connectivity index (χ2n) is 11.3. The molecule has 6 rings (SSSR count). The molecule has 0 aromatic heterocycles. The Morgan fingerprint density at radius 3 is 2.15 bits per heavy atom. The van der Waals surface area contributed by atoms with Gasteiger partial charge in [-0.3, -0.25) is 9.59 Å². The Labute approximate surface area is 229 Å². The van der Waals surface area contributed by atoms with Crippen LogP contribution in [0.5, 0.6) is 0 Å². The van der Waals surface area contributed by atoms with Crippen LogP contribution in [0.25, 0.3) is 0 Å². The van der Waals surface area contributed by atoms with E-state index in [-0.39, 0.29) is 40.4 Å². The molecule has 0 radical (unpaired) electrons. The molecule has 0 spiro atoms. The first-order chi connectivity index (χ1) is 18.7. The first-order valence-corrected chi connectivity index (χ1v) is 15.4. The number of hydrogen-bond donors (Lipinski definition) is 0. The monoisotopic (exact) mass is 554 g/mol. The Hall–Kier alpha value is -2.98. The number of amides is 2. The number of benzene rings is 2. The lowest BCUT2D eigenvalue weighted by Gasteiger charge is -2.39. The maximum absolute atomic E-state index is 14.1. The summed E-state index contributed by atoms with van der Waals surface area (Å²) in [6.07, 6.45) is 3.49. The fourth-order valence-electron chi connectivity index (χ4n) is 6.26. The number of carbonyl (C=O) groups excluding carboxylic acids is 2. The quantitative estimate of drug-likeness (QED) is 0.567. The van der Waals surface area contributed by atoms with Crippen LogP contribution in [0.2, 0.25) is 0 Å². The summed E-state index contributed by atoms with van der Waals surface area (Å²) in [5.74, 6) is -0.141. The topological polar surface area (TPSA) is 81.2 Å². The highest BCUT2D eigenvalue weighted by molar-refractivity contribution is 7.89. The number of carbonyl (C=O) groups is 2. The minimum Gasteiger partial charge on any atom is -0.366 e. The van der Waals surface area contributed by atoms with E-state index in [1.54, 1.807) is 30.3 Å². The number of para-hydroxylation sites is 1. The van der Waals surface area contributed by atoms with Crippen molar-refractivity contribution < 1.29 is 22.4 Å². The molecule has 2 aromatic carbocycles. The van der Waals surface area contributed by atoms with Gasteiger partial charge in [-0.25, -0.2) is 12.8 Å². The summed E-state index contributed by atoms with van der Waals surface area (Å²) in [7, 11) is -3.70. The van der Waals surface area contributed by atoms with Gasteiger partial charge in [0.2, 0.25) is 21.8 Å². The molecule has 3 heterocycles. The van der Waals surface area contributed by atoms with Crippen LogP contribution in [0.15, 0.2) is 47.4 Å². The highest BCUT2D eigenvalue weighted by atomic mass is 32.2. The predicted octanol–water partition coefficient (Wildman–Crippen LogP) is 3.26. The molecule has 3 fully saturated rings. The summed E-state index contributed by atoms with van der Waals surface area (Å²) in [5, 5.41) is 0. The zero-order chi connectivity index (χ0) is 27.3. The molecule has 8 nitrogen and oxygen atoms in total. The normalized spacial score (nSPS) is 22.7. The fourth-order valence-corrected chi connectivity index (χ4v) is 7.78. The number of hydrogen-bond acceptors (Lipinski definition) is 5. The molecule has 0 N–H and O–H groups in total. The second-order valence-corrected chi connectivity index (χ2v) is 13.2. The fraction of sp³-hybridized carbons (Fsp3) is 0.517. The molecular formula is C29H35FN4O4S. The Balaban J connectivity index is 1.06. The van der Waals surface area contributed by atoms with Crippen molar-refractivity contribution in [2.75, 3.05) is 49.1 Å². The van der Waals surface area contributed by atoms with Gasteiger partial charge < -0.3 is 14.7 Å². The van der Waals surface area contributed by atoms with Crippen molar-refractivity contribution in [2.45, 2.75) is 50.0 Å². The van der Waals surface area contributed by atoms with Crippen LogP contribution in [0.4, 0.5) is 15.8 Å². The average molecular weight is 555 g/mol. The van der Waals surface area contributed by atoms with E-state index < -0.39 is 10.0 Å². The van der Waals surface area contributed by atoms with Gasteiger partial charge in [0, 0.05) is 62.8 Å². The predicted molar refractivity (Wildman–Crippen MR) is 146 cm³/mol. The van der Waals surface area contributed by atoms with Crippen LogP contribution < -0.4 is 9.80 Å². The Morgan fingerprint density at radius 1 is 0.821 bits per heavy atom. The number of fused-ring (bicyclic) bond motifs is 1. The molecule has 39 heavy (non-hydrogen) atoms. The number of rotatable bonds is 5. The van der Waals surface area contributed by atoms with Crippen molar-refractivity contribution in [1.82, 2.24) is 9.21 Å². The minimum atomic E-state index is -3.70. The Bertz CT molecular complexity index is 1380. The van der Waals surface area contributed by atoms with Crippen molar-refractivity contribution >= 4 is 33.2 Å². The summed E-state index contributed by atoms with van der Waals surface area (Å²) in [6.45, 7) is 4.80. The van der Waals surface area contributed by atoms with Crippen molar-refractivity contribution in [1.29, 1.82) is 0 Å². The van der Waals surface area contributed by atoms with Gasteiger partial charge in [-0.1, -0.05) is 12.1 Å².